The van der Waals surface area contributed by atoms with E-state index in [0.717, 1.165) is 43.9 Å². The SMILES string of the molecule is O=C(NC1CCCCCC1)C1CCCN(c2cc(-n3cccn3)ncn2)C1. The highest BCUT2D eigenvalue weighted by Gasteiger charge is 2.28. The number of nitrogens with zero attached hydrogens (tertiary/aromatic N) is 5. The summed E-state index contributed by atoms with van der Waals surface area (Å²) in [4.78, 5) is 23.8. The van der Waals surface area contributed by atoms with E-state index in [-0.39, 0.29) is 11.8 Å². The van der Waals surface area contributed by atoms with Crippen molar-refractivity contribution in [3.63, 3.8) is 0 Å². The van der Waals surface area contributed by atoms with Crippen molar-refractivity contribution in [1.29, 1.82) is 0 Å². The third kappa shape index (κ3) is 4.46. The van der Waals surface area contributed by atoms with Gasteiger partial charge >= 0.3 is 0 Å². The van der Waals surface area contributed by atoms with E-state index in [0.29, 0.717) is 12.6 Å². The molecule has 2 aromatic rings. The fourth-order valence-corrected chi connectivity index (χ4v) is 4.18. The van der Waals surface area contributed by atoms with Gasteiger partial charge < -0.3 is 10.2 Å². The summed E-state index contributed by atoms with van der Waals surface area (Å²) < 4.78 is 1.73. The standard InChI is InChI=1S/C20H28N6O/c27-20(24-17-8-3-1-2-4-9-17)16-7-5-11-25(14-16)18-13-19(22-15-21-18)26-12-6-10-23-26/h6,10,12-13,15-17H,1-5,7-9,11,14H2,(H,24,27). The average Bonchev–Trinajstić information content (AvgIpc) is 3.14. The van der Waals surface area contributed by atoms with Gasteiger partial charge in [-0.1, -0.05) is 25.7 Å². The van der Waals surface area contributed by atoms with Crippen LogP contribution >= 0.6 is 0 Å². The second-order valence-electron chi connectivity index (χ2n) is 7.67. The van der Waals surface area contributed by atoms with Gasteiger partial charge in [-0.2, -0.15) is 5.10 Å². The zero-order chi connectivity index (χ0) is 18.5. The van der Waals surface area contributed by atoms with Gasteiger partial charge in [-0.25, -0.2) is 14.6 Å². The van der Waals surface area contributed by atoms with Gasteiger partial charge in [0, 0.05) is 37.6 Å². The van der Waals surface area contributed by atoms with Gasteiger partial charge in [0.15, 0.2) is 5.82 Å². The number of hydrogen-bond donors (Lipinski definition) is 1. The van der Waals surface area contributed by atoms with Crippen LogP contribution < -0.4 is 10.2 Å². The third-order valence-corrected chi connectivity index (χ3v) is 5.70. The van der Waals surface area contributed by atoms with Crippen LogP contribution in [0.3, 0.4) is 0 Å². The molecule has 7 heteroatoms. The lowest BCUT2D eigenvalue weighted by Crippen LogP contribution is -2.46. The van der Waals surface area contributed by atoms with E-state index < -0.39 is 0 Å². The predicted molar refractivity (Wildman–Crippen MR) is 104 cm³/mol. The van der Waals surface area contributed by atoms with Gasteiger partial charge in [0.2, 0.25) is 5.91 Å². The molecule has 0 aromatic carbocycles. The first kappa shape index (κ1) is 17.9. The van der Waals surface area contributed by atoms with E-state index in [4.69, 9.17) is 0 Å². The first-order valence-electron chi connectivity index (χ1n) is 10.2. The Bertz CT molecular complexity index is 739. The van der Waals surface area contributed by atoms with Crippen molar-refractivity contribution in [2.75, 3.05) is 18.0 Å². The molecule has 1 saturated carbocycles. The molecule has 1 atom stereocenters. The number of carbonyl (C=O) groups is 1. The number of piperidine rings is 1. The highest BCUT2D eigenvalue weighted by Crippen LogP contribution is 2.24. The van der Waals surface area contributed by atoms with Gasteiger partial charge in [0.25, 0.3) is 0 Å². The molecule has 0 spiro atoms. The van der Waals surface area contributed by atoms with Crippen LogP contribution in [0.4, 0.5) is 5.82 Å². The van der Waals surface area contributed by atoms with Gasteiger partial charge in [-0.15, -0.1) is 0 Å². The maximum atomic E-state index is 12.8. The Morgan fingerprint density at radius 1 is 1.04 bits per heavy atom. The number of hydrogen-bond acceptors (Lipinski definition) is 5. The van der Waals surface area contributed by atoms with Crippen molar-refractivity contribution in [3.8, 4) is 5.82 Å². The molecule has 1 saturated heterocycles. The lowest BCUT2D eigenvalue weighted by atomic mass is 9.96. The predicted octanol–water partition coefficient (Wildman–Crippen LogP) is 2.72. The van der Waals surface area contributed by atoms with E-state index in [1.165, 1.54) is 25.7 Å². The minimum absolute atomic E-state index is 0.0325. The molecule has 27 heavy (non-hydrogen) atoms. The molecule has 4 rings (SSSR count). The molecule has 7 nitrogen and oxygen atoms in total. The summed E-state index contributed by atoms with van der Waals surface area (Å²) in [6, 6.07) is 4.18. The summed E-state index contributed by atoms with van der Waals surface area (Å²) in [6.07, 6.45) is 14.4. The molecule has 144 valence electrons. The maximum Gasteiger partial charge on any atom is 0.225 e. The fraction of sp³-hybridized carbons (Fsp3) is 0.600. The smallest absolute Gasteiger partial charge is 0.225 e. The number of amides is 1. The summed E-state index contributed by atoms with van der Waals surface area (Å²) in [7, 11) is 0. The summed E-state index contributed by atoms with van der Waals surface area (Å²) in [5, 5.41) is 7.55. The summed E-state index contributed by atoms with van der Waals surface area (Å²) in [6.45, 7) is 1.64. The van der Waals surface area contributed by atoms with Crippen LogP contribution in [-0.2, 0) is 4.79 Å². The van der Waals surface area contributed by atoms with Crippen molar-refractivity contribution < 1.29 is 4.79 Å². The molecule has 1 N–H and O–H groups in total. The van der Waals surface area contributed by atoms with Crippen molar-refractivity contribution in [2.45, 2.75) is 57.4 Å². The minimum atomic E-state index is 0.0325. The lowest BCUT2D eigenvalue weighted by molar-refractivity contribution is -0.126. The van der Waals surface area contributed by atoms with Gasteiger partial charge in [-0.05, 0) is 31.7 Å². The van der Waals surface area contributed by atoms with Gasteiger partial charge in [-0.3, -0.25) is 4.79 Å². The number of carbonyl (C=O) groups excluding carboxylic acids is 1. The highest BCUT2D eigenvalue weighted by molar-refractivity contribution is 5.79. The second-order valence-corrected chi connectivity index (χ2v) is 7.67. The molecule has 2 aliphatic rings. The summed E-state index contributed by atoms with van der Waals surface area (Å²) >= 11 is 0. The molecule has 2 aromatic heterocycles. The first-order chi connectivity index (χ1) is 13.3. The molecule has 3 heterocycles. The van der Waals surface area contributed by atoms with Crippen molar-refractivity contribution in [1.82, 2.24) is 25.1 Å². The Hall–Kier alpha value is -2.44. The Kier molecular flexibility index (Phi) is 5.65. The molecule has 1 aliphatic carbocycles. The highest BCUT2D eigenvalue weighted by atomic mass is 16.2. The van der Waals surface area contributed by atoms with Crippen molar-refractivity contribution in [3.05, 3.63) is 30.9 Å². The van der Waals surface area contributed by atoms with Crippen LogP contribution in [0.1, 0.15) is 51.4 Å². The quantitative estimate of drug-likeness (QED) is 0.840. The van der Waals surface area contributed by atoms with Crippen LogP contribution in [0, 0.1) is 5.92 Å². The van der Waals surface area contributed by atoms with Crippen LogP contribution in [0.2, 0.25) is 0 Å². The summed E-state index contributed by atoms with van der Waals surface area (Å²) in [5.74, 6) is 1.86. The largest absolute Gasteiger partial charge is 0.356 e. The Morgan fingerprint density at radius 2 is 1.85 bits per heavy atom. The second kappa shape index (κ2) is 8.50. The van der Waals surface area contributed by atoms with Crippen molar-refractivity contribution in [2.24, 2.45) is 5.92 Å². The molecule has 0 bridgehead atoms. The zero-order valence-electron chi connectivity index (χ0n) is 15.8. The Labute approximate surface area is 160 Å². The van der Waals surface area contributed by atoms with Crippen LogP contribution in [0.15, 0.2) is 30.9 Å². The molecular formula is C20H28N6O. The van der Waals surface area contributed by atoms with Crippen LogP contribution in [0.25, 0.3) is 5.82 Å². The molecule has 1 aliphatic heterocycles. The molecule has 1 amide bonds. The van der Waals surface area contributed by atoms with E-state index in [1.807, 2.05) is 18.3 Å². The van der Waals surface area contributed by atoms with E-state index in [2.05, 4.69) is 25.3 Å². The van der Waals surface area contributed by atoms with Crippen molar-refractivity contribution >= 4 is 11.7 Å². The topological polar surface area (TPSA) is 75.9 Å². The van der Waals surface area contributed by atoms with E-state index in [9.17, 15) is 4.79 Å². The van der Waals surface area contributed by atoms with Crippen LogP contribution in [0.5, 0.6) is 0 Å². The van der Waals surface area contributed by atoms with E-state index in [1.54, 1.807) is 17.2 Å². The first-order valence-corrected chi connectivity index (χ1v) is 10.2. The molecular weight excluding hydrogens is 340 g/mol. The molecule has 2 fully saturated rings. The number of rotatable bonds is 4. The van der Waals surface area contributed by atoms with Gasteiger partial charge in [0.1, 0.15) is 12.1 Å². The lowest BCUT2D eigenvalue weighted by Gasteiger charge is -2.33. The maximum absolute atomic E-state index is 12.8. The van der Waals surface area contributed by atoms with Gasteiger partial charge in [0.05, 0.1) is 5.92 Å². The van der Waals surface area contributed by atoms with Crippen LogP contribution in [-0.4, -0.2) is 44.8 Å². The Balaban J connectivity index is 1.40. The number of anilines is 1. The summed E-state index contributed by atoms with van der Waals surface area (Å²) in [5.41, 5.74) is 0. The van der Waals surface area contributed by atoms with E-state index >= 15 is 0 Å². The number of aromatic nitrogens is 4. The third-order valence-electron chi connectivity index (χ3n) is 5.70. The minimum Gasteiger partial charge on any atom is -0.356 e. The number of nitrogens with one attached hydrogen (secondary N) is 1. The molecule has 1 unspecified atom stereocenters. The normalized spacial score (nSPS) is 21.6. The fourth-order valence-electron chi connectivity index (χ4n) is 4.18. The average molecular weight is 368 g/mol. The zero-order valence-corrected chi connectivity index (χ0v) is 15.8. The molecule has 0 radical (unpaired) electrons. The monoisotopic (exact) mass is 368 g/mol. The Morgan fingerprint density at radius 3 is 2.63 bits per heavy atom.